The molecule has 2 heterocycles. The first-order valence-corrected chi connectivity index (χ1v) is 11.6. The molecule has 5 nitrogen and oxygen atoms in total. The third-order valence-electron chi connectivity index (χ3n) is 6.16. The van der Waals surface area contributed by atoms with Crippen molar-refractivity contribution in [2.24, 2.45) is 5.10 Å². The molecule has 4 rings (SSSR count). The van der Waals surface area contributed by atoms with Crippen LogP contribution >= 0.6 is 15.9 Å². The first-order valence-electron chi connectivity index (χ1n) is 10.8. The lowest BCUT2D eigenvalue weighted by molar-refractivity contribution is 0.416. The summed E-state index contributed by atoms with van der Waals surface area (Å²) in [5.74, 6) is 1.07. The summed E-state index contributed by atoms with van der Waals surface area (Å²) in [7, 11) is 0. The second-order valence-corrected chi connectivity index (χ2v) is 9.53. The zero-order valence-electron chi connectivity index (χ0n) is 18.2. The van der Waals surface area contributed by atoms with Crippen LogP contribution in [0.15, 0.2) is 38.6 Å². The van der Waals surface area contributed by atoms with Crippen LogP contribution in [0.1, 0.15) is 80.7 Å². The van der Waals surface area contributed by atoms with E-state index >= 15 is 0 Å². The summed E-state index contributed by atoms with van der Waals surface area (Å²) >= 11 is 3.48. The molecule has 0 N–H and O–H groups in total. The Hall–Kier alpha value is -2.21. The largest absolute Gasteiger partial charge is 0.346 e. The number of fused-ring (bicyclic) bond motifs is 1. The molecule has 0 amide bonds. The van der Waals surface area contributed by atoms with E-state index in [-0.39, 0.29) is 11.5 Å². The van der Waals surface area contributed by atoms with Crippen molar-refractivity contribution in [3.63, 3.8) is 0 Å². The third-order valence-corrected chi connectivity index (χ3v) is 6.65. The molecule has 1 saturated carbocycles. The second kappa shape index (κ2) is 8.50. The van der Waals surface area contributed by atoms with Gasteiger partial charge in [0.15, 0.2) is 0 Å². The predicted molar refractivity (Wildman–Crippen MR) is 127 cm³/mol. The smallest absolute Gasteiger partial charge is 0.282 e. The minimum atomic E-state index is -0.101. The van der Waals surface area contributed by atoms with E-state index in [0.29, 0.717) is 11.4 Å². The Kier molecular flexibility index (Phi) is 5.96. The van der Waals surface area contributed by atoms with Crippen LogP contribution in [0.4, 0.5) is 0 Å². The predicted octanol–water partition coefficient (Wildman–Crippen LogP) is 6.09. The molecule has 0 aliphatic heterocycles. The normalized spacial score (nSPS) is 15.7. The molecule has 0 unspecified atom stereocenters. The number of nitrogens with zero attached hydrogens (tertiary/aromatic N) is 4. The van der Waals surface area contributed by atoms with Crippen molar-refractivity contribution in [2.45, 2.75) is 71.8 Å². The van der Waals surface area contributed by atoms with Gasteiger partial charge in [-0.05, 0) is 64.8 Å². The Bertz CT molecular complexity index is 1170. The summed E-state index contributed by atoms with van der Waals surface area (Å²) in [6.07, 6.45) is 7.56. The van der Waals surface area contributed by atoms with E-state index in [2.05, 4.69) is 54.3 Å². The second-order valence-electron chi connectivity index (χ2n) is 8.62. The van der Waals surface area contributed by atoms with Crippen molar-refractivity contribution in [1.29, 1.82) is 0 Å². The average Bonchev–Trinajstić information content (AvgIpc) is 3.01. The number of hydrogen-bond donors (Lipinski definition) is 0. The molecular formula is C24H29BrN4O. The number of hydrogen-bond acceptors (Lipinski definition) is 3. The maximum atomic E-state index is 13.4. The SMILES string of the molecule is Cc1cc(C=Nn2c(C3CCCCC3)nc3ccc(Br)cc3c2=O)c(C)n1C(C)C. The molecule has 1 fully saturated rings. The van der Waals surface area contributed by atoms with Gasteiger partial charge in [0.2, 0.25) is 0 Å². The monoisotopic (exact) mass is 468 g/mol. The summed E-state index contributed by atoms with van der Waals surface area (Å²) in [6.45, 7) is 8.57. The van der Waals surface area contributed by atoms with Crippen molar-refractivity contribution >= 4 is 33.0 Å². The molecule has 3 aromatic rings. The van der Waals surface area contributed by atoms with Crippen molar-refractivity contribution in [2.75, 3.05) is 0 Å². The van der Waals surface area contributed by atoms with Crippen LogP contribution in [-0.2, 0) is 0 Å². The van der Waals surface area contributed by atoms with Gasteiger partial charge in [-0.3, -0.25) is 4.79 Å². The quantitative estimate of drug-likeness (QED) is 0.435. The van der Waals surface area contributed by atoms with Gasteiger partial charge in [-0.2, -0.15) is 9.78 Å². The van der Waals surface area contributed by atoms with Crippen LogP contribution in [0.5, 0.6) is 0 Å². The number of benzene rings is 1. The molecule has 0 saturated heterocycles. The van der Waals surface area contributed by atoms with Crippen LogP contribution in [-0.4, -0.2) is 20.4 Å². The number of halogens is 1. The van der Waals surface area contributed by atoms with Gasteiger partial charge in [0.05, 0.1) is 17.1 Å². The van der Waals surface area contributed by atoms with E-state index in [1.54, 1.807) is 4.68 Å². The van der Waals surface area contributed by atoms with E-state index < -0.39 is 0 Å². The van der Waals surface area contributed by atoms with E-state index in [4.69, 9.17) is 10.1 Å². The van der Waals surface area contributed by atoms with Gasteiger partial charge in [0, 0.05) is 33.4 Å². The number of aromatic nitrogens is 3. The highest BCUT2D eigenvalue weighted by atomic mass is 79.9. The summed E-state index contributed by atoms with van der Waals surface area (Å²) in [5.41, 5.74) is 4.04. The maximum Gasteiger partial charge on any atom is 0.282 e. The Morgan fingerprint density at radius 2 is 1.90 bits per heavy atom. The van der Waals surface area contributed by atoms with Crippen molar-refractivity contribution in [3.05, 3.63) is 61.9 Å². The maximum absolute atomic E-state index is 13.4. The Labute approximate surface area is 186 Å². The fourth-order valence-electron chi connectivity index (χ4n) is 4.75. The van der Waals surface area contributed by atoms with Gasteiger partial charge in [0.1, 0.15) is 5.82 Å². The van der Waals surface area contributed by atoms with Gasteiger partial charge in [-0.25, -0.2) is 4.98 Å². The van der Waals surface area contributed by atoms with Crippen LogP contribution in [0, 0.1) is 13.8 Å². The number of rotatable bonds is 4. The average molecular weight is 469 g/mol. The molecule has 1 aliphatic rings. The van der Waals surface area contributed by atoms with E-state index in [1.807, 2.05) is 24.4 Å². The topological polar surface area (TPSA) is 52.2 Å². The lowest BCUT2D eigenvalue weighted by Crippen LogP contribution is -2.25. The number of aryl methyl sites for hydroxylation is 1. The fraction of sp³-hybridized carbons (Fsp3) is 0.458. The minimum absolute atomic E-state index is 0.101. The molecule has 0 atom stereocenters. The molecule has 30 heavy (non-hydrogen) atoms. The highest BCUT2D eigenvalue weighted by Crippen LogP contribution is 2.32. The molecule has 0 radical (unpaired) electrons. The van der Waals surface area contributed by atoms with Gasteiger partial charge < -0.3 is 4.57 Å². The van der Waals surface area contributed by atoms with Crippen LogP contribution in [0.3, 0.4) is 0 Å². The molecule has 158 valence electrons. The highest BCUT2D eigenvalue weighted by molar-refractivity contribution is 9.10. The first-order chi connectivity index (χ1) is 14.4. The minimum Gasteiger partial charge on any atom is -0.346 e. The van der Waals surface area contributed by atoms with Crippen molar-refractivity contribution in [1.82, 2.24) is 14.2 Å². The summed E-state index contributed by atoms with van der Waals surface area (Å²) in [5, 5.41) is 5.29. The zero-order chi connectivity index (χ0) is 21.4. The molecule has 6 heteroatoms. The van der Waals surface area contributed by atoms with Crippen molar-refractivity contribution < 1.29 is 0 Å². The highest BCUT2D eigenvalue weighted by Gasteiger charge is 2.22. The Morgan fingerprint density at radius 1 is 1.17 bits per heavy atom. The Balaban J connectivity index is 1.86. The third kappa shape index (κ3) is 3.89. The summed E-state index contributed by atoms with van der Waals surface area (Å²) in [6, 6.07) is 8.21. The Morgan fingerprint density at radius 3 is 2.57 bits per heavy atom. The van der Waals surface area contributed by atoms with Gasteiger partial charge in [0.25, 0.3) is 5.56 Å². The fourth-order valence-corrected chi connectivity index (χ4v) is 5.11. The molecular weight excluding hydrogens is 440 g/mol. The van der Waals surface area contributed by atoms with E-state index in [1.165, 1.54) is 25.0 Å². The lowest BCUT2D eigenvalue weighted by atomic mass is 9.88. The standard InChI is InChI=1S/C24H29BrN4O/c1-15(2)28-16(3)12-19(17(28)4)14-26-29-23(18-8-6-5-7-9-18)27-22-11-10-20(25)13-21(22)24(29)30/h10-15,18H,5-9H2,1-4H3. The van der Waals surface area contributed by atoms with Gasteiger partial charge in [-0.1, -0.05) is 35.2 Å². The molecule has 0 spiro atoms. The summed E-state index contributed by atoms with van der Waals surface area (Å²) < 4.78 is 4.71. The zero-order valence-corrected chi connectivity index (χ0v) is 19.7. The molecule has 1 aromatic carbocycles. The van der Waals surface area contributed by atoms with Crippen LogP contribution in [0.25, 0.3) is 10.9 Å². The van der Waals surface area contributed by atoms with E-state index in [0.717, 1.165) is 39.9 Å². The van der Waals surface area contributed by atoms with Crippen LogP contribution in [0.2, 0.25) is 0 Å². The lowest BCUT2D eigenvalue weighted by Gasteiger charge is -2.22. The van der Waals surface area contributed by atoms with Gasteiger partial charge in [-0.15, -0.1) is 0 Å². The van der Waals surface area contributed by atoms with Gasteiger partial charge >= 0.3 is 0 Å². The van der Waals surface area contributed by atoms with E-state index in [9.17, 15) is 4.79 Å². The van der Waals surface area contributed by atoms with Crippen molar-refractivity contribution in [3.8, 4) is 0 Å². The van der Waals surface area contributed by atoms with Crippen LogP contribution < -0.4 is 5.56 Å². The molecule has 1 aliphatic carbocycles. The molecule has 2 aromatic heterocycles. The first kappa shape index (κ1) is 21.0. The molecule has 0 bridgehead atoms. The summed E-state index contributed by atoms with van der Waals surface area (Å²) in [4.78, 5) is 18.3.